The fraction of sp³-hybridized carbons (Fsp3) is 0.571. The van der Waals surface area contributed by atoms with Crippen molar-refractivity contribution in [1.82, 2.24) is 5.32 Å². The molecule has 0 saturated carbocycles. The molecule has 0 saturated heterocycles. The zero-order chi connectivity index (χ0) is 12.0. The standard InChI is InChI=1S/C14H24N2/c1-4-10-14(3,11-15)16-12(2)13-8-6-5-7-9-13/h5-9,12,16H,4,10-11,15H2,1-3H3. The molecule has 0 spiro atoms. The lowest BCUT2D eigenvalue weighted by Gasteiger charge is -2.33. The van der Waals surface area contributed by atoms with Gasteiger partial charge in [0.15, 0.2) is 0 Å². The van der Waals surface area contributed by atoms with E-state index in [0.29, 0.717) is 12.6 Å². The van der Waals surface area contributed by atoms with Crippen molar-refractivity contribution in [3.63, 3.8) is 0 Å². The van der Waals surface area contributed by atoms with Crippen LogP contribution in [0.25, 0.3) is 0 Å². The highest BCUT2D eigenvalue weighted by Crippen LogP contribution is 2.19. The Morgan fingerprint density at radius 3 is 2.44 bits per heavy atom. The molecule has 0 aliphatic carbocycles. The van der Waals surface area contributed by atoms with Crippen LogP contribution >= 0.6 is 0 Å². The monoisotopic (exact) mass is 220 g/mol. The fourth-order valence-electron chi connectivity index (χ4n) is 2.13. The summed E-state index contributed by atoms with van der Waals surface area (Å²) in [5.41, 5.74) is 7.22. The molecule has 0 aliphatic heterocycles. The predicted molar refractivity (Wildman–Crippen MR) is 70.4 cm³/mol. The average molecular weight is 220 g/mol. The first-order valence-electron chi connectivity index (χ1n) is 6.14. The fourth-order valence-corrected chi connectivity index (χ4v) is 2.13. The largest absolute Gasteiger partial charge is 0.329 e. The molecule has 2 heteroatoms. The van der Waals surface area contributed by atoms with Crippen LogP contribution in [0.5, 0.6) is 0 Å². The van der Waals surface area contributed by atoms with Gasteiger partial charge in [-0.3, -0.25) is 0 Å². The molecule has 3 N–H and O–H groups in total. The summed E-state index contributed by atoms with van der Waals surface area (Å²) < 4.78 is 0. The molecule has 2 nitrogen and oxygen atoms in total. The number of nitrogens with two attached hydrogens (primary N) is 1. The predicted octanol–water partition coefficient (Wildman–Crippen LogP) is 2.85. The quantitative estimate of drug-likeness (QED) is 0.773. The van der Waals surface area contributed by atoms with Gasteiger partial charge in [0.2, 0.25) is 0 Å². The molecular formula is C14H24N2. The number of hydrogen-bond acceptors (Lipinski definition) is 2. The Morgan fingerprint density at radius 1 is 1.31 bits per heavy atom. The molecule has 1 aromatic rings. The molecule has 1 rings (SSSR count). The molecule has 0 radical (unpaired) electrons. The number of benzene rings is 1. The summed E-state index contributed by atoms with van der Waals surface area (Å²) in [4.78, 5) is 0. The number of hydrogen-bond donors (Lipinski definition) is 2. The van der Waals surface area contributed by atoms with Crippen LogP contribution in [-0.2, 0) is 0 Å². The SMILES string of the molecule is CCCC(C)(CN)NC(C)c1ccccc1. The van der Waals surface area contributed by atoms with Crippen molar-refractivity contribution in [3.8, 4) is 0 Å². The summed E-state index contributed by atoms with van der Waals surface area (Å²) >= 11 is 0. The average Bonchev–Trinajstić information content (AvgIpc) is 2.30. The van der Waals surface area contributed by atoms with Gasteiger partial charge in [0.05, 0.1) is 0 Å². The molecule has 1 aromatic carbocycles. The molecule has 0 aromatic heterocycles. The van der Waals surface area contributed by atoms with Gasteiger partial charge in [0.1, 0.15) is 0 Å². The minimum absolute atomic E-state index is 0.0456. The Kier molecular flexibility index (Phi) is 4.97. The van der Waals surface area contributed by atoms with E-state index in [0.717, 1.165) is 12.8 Å². The second-order valence-corrected chi connectivity index (χ2v) is 4.79. The molecule has 0 bridgehead atoms. The maximum atomic E-state index is 5.86. The van der Waals surface area contributed by atoms with E-state index >= 15 is 0 Å². The van der Waals surface area contributed by atoms with E-state index in [1.165, 1.54) is 5.56 Å². The number of rotatable bonds is 6. The van der Waals surface area contributed by atoms with Crippen molar-refractivity contribution in [1.29, 1.82) is 0 Å². The second-order valence-electron chi connectivity index (χ2n) is 4.79. The van der Waals surface area contributed by atoms with E-state index in [-0.39, 0.29) is 5.54 Å². The Hall–Kier alpha value is -0.860. The van der Waals surface area contributed by atoms with Crippen LogP contribution in [0.4, 0.5) is 0 Å². The summed E-state index contributed by atoms with van der Waals surface area (Å²) in [6.07, 6.45) is 2.27. The van der Waals surface area contributed by atoms with Crippen LogP contribution in [0.15, 0.2) is 30.3 Å². The van der Waals surface area contributed by atoms with Gasteiger partial charge in [-0.2, -0.15) is 0 Å². The molecule has 0 aliphatic rings. The maximum absolute atomic E-state index is 5.86. The van der Waals surface area contributed by atoms with Gasteiger partial charge in [-0.15, -0.1) is 0 Å². The summed E-state index contributed by atoms with van der Waals surface area (Å²) in [6, 6.07) is 10.9. The van der Waals surface area contributed by atoms with Crippen molar-refractivity contribution < 1.29 is 0 Å². The smallest absolute Gasteiger partial charge is 0.0297 e. The van der Waals surface area contributed by atoms with Gasteiger partial charge >= 0.3 is 0 Å². The third-order valence-electron chi connectivity index (χ3n) is 3.12. The van der Waals surface area contributed by atoms with E-state index in [4.69, 9.17) is 5.73 Å². The maximum Gasteiger partial charge on any atom is 0.0297 e. The van der Waals surface area contributed by atoms with Gasteiger partial charge in [0, 0.05) is 18.1 Å². The molecule has 0 heterocycles. The van der Waals surface area contributed by atoms with Crippen molar-refractivity contribution in [2.24, 2.45) is 5.73 Å². The van der Waals surface area contributed by atoms with Crippen molar-refractivity contribution >= 4 is 0 Å². The molecule has 2 atom stereocenters. The first-order chi connectivity index (χ1) is 7.61. The van der Waals surface area contributed by atoms with E-state index in [2.05, 4.69) is 50.4 Å². The van der Waals surface area contributed by atoms with E-state index < -0.39 is 0 Å². The lowest BCUT2D eigenvalue weighted by Crippen LogP contribution is -2.49. The Labute approximate surface area is 99.2 Å². The Bertz CT molecular complexity index is 297. The minimum atomic E-state index is 0.0456. The normalized spacial score (nSPS) is 16.8. The molecule has 90 valence electrons. The second kappa shape index (κ2) is 6.02. The molecule has 16 heavy (non-hydrogen) atoms. The van der Waals surface area contributed by atoms with Gasteiger partial charge in [0.25, 0.3) is 0 Å². The highest BCUT2D eigenvalue weighted by atomic mass is 15.0. The van der Waals surface area contributed by atoms with Crippen LogP contribution in [0.2, 0.25) is 0 Å². The third-order valence-corrected chi connectivity index (χ3v) is 3.12. The summed E-state index contributed by atoms with van der Waals surface area (Å²) in [6.45, 7) is 7.27. The molecular weight excluding hydrogens is 196 g/mol. The van der Waals surface area contributed by atoms with Crippen LogP contribution in [0, 0.1) is 0 Å². The van der Waals surface area contributed by atoms with Crippen LogP contribution in [0.1, 0.15) is 45.2 Å². The molecule has 0 fully saturated rings. The Balaban J connectivity index is 2.65. The lowest BCUT2D eigenvalue weighted by molar-refractivity contribution is 0.304. The summed E-state index contributed by atoms with van der Waals surface area (Å²) in [5, 5.41) is 3.64. The highest BCUT2D eigenvalue weighted by molar-refractivity contribution is 5.18. The van der Waals surface area contributed by atoms with Crippen molar-refractivity contribution in [2.45, 2.75) is 45.2 Å². The van der Waals surface area contributed by atoms with Gasteiger partial charge in [-0.05, 0) is 25.8 Å². The van der Waals surface area contributed by atoms with Crippen molar-refractivity contribution in [2.75, 3.05) is 6.54 Å². The summed E-state index contributed by atoms with van der Waals surface area (Å²) in [7, 11) is 0. The number of nitrogens with one attached hydrogen (secondary N) is 1. The van der Waals surface area contributed by atoms with Crippen molar-refractivity contribution in [3.05, 3.63) is 35.9 Å². The first kappa shape index (κ1) is 13.2. The minimum Gasteiger partial charge on any atom is -0.329 e. The van der Waals surface area contributed by atoms with Crippen LogP contribution < -0.4 is 11.1 Å². The van der Waals surface area contributed by atoms with E-state index in [1.807, 2.05) is 6.07 Å². The zero-order valence-electron chi connectivity index (χ0n) is 10.7. The Morgan fingerprint density at radius 2 is 1.94 bits per heavy atom. The van der Waals surface area contributed by atoms with Crippen LogP contribution in [-0.4, -0.2) is 12.1 Å². The van der Waals surface area contributed by atoms with Crippen LogP contribution in [0.3, 0.4) is 0 Å². The van der Waals surface area contributed by atoms with E-state index in [9.17, 15) is 0 Å². The topological polar surface area (TPSA) is 38.0 Å². The van der Waals surface area contributed by atoms with E-state index in [1.54, 1.807) is 0 Å². The summed E-state index contributed by atoms with van der Waals surface area (Å²) in [5.74, 6) is 0. The third kappa shape index (κ3) is 3.62. The van der Waals surface area contributed by atoms with Gasteiger partial charge in [-0.1, -0.05) is 43.7 Å². The van der Waals surface area contributed by atoms with Gasteiger partial charge in [-0.25, -0.2) is 0 Å². The van der Waals surface area contributed by atoms with Gasteiger partial charge < -0.3 is 11.1 Å². The molecule has 0 amide bonds. The first-order valence-corrected chi connectivity index (χ1v) is 6.14. The zero-order valence-corrected chi connectivity index (χ0v) is 10.7. The molecule has 2 unspecified atom stereocenters. The lowest BCUT2D eigenvalue weighted by atomic mass is 9.94. The highest BCUT2D eigenvalue weighted by Gasteiger charge is 2.23.